The van der Waals surface area contributed by atoms with Crippen molar-refractivity contribution >= 4 is 5.91 Å². The van der Waals surface area contributed by atoms with Gasteiger partial charge in [-0.15, -0.1) is 0 Å². The lowest BCUT2D eigenvalue weighted by molar-refractivity contribution is -0.136. The van der Waals surface area contributed by atoms with Crippen LogP contribution in [-0.4, -0.2) is 42.6 Å². The van der Waals surface area contributed by atoms with Crippen LogP contribution in [0.25, 0.3) is 0 Å². The highest BCUT2D eigenvalue weighted by molar-refractivity contribution is 5.79. The average Bonchev–Trinajstić information content (AvgIpc) is 2.77. The number of fused-ring (bicyclic) bond motifs is 2. The molecule has 0 saturated carbocycles. The van der Waals surface area contributed by atoms with Gasteiger partial charge in [-0.3, -0.25) is 4.79 Å². The van der Waals surface area contributed by atoms with Crippen molar-refractivity contribution in [2.75, 3.05) is 19.7 Å². The zero-order valence-electron chi connectivity index (χ0n) is 14.5. The highest BCUT2D eigenvalue weighted by Gasteiger charge is 2.37. The molecule has 23 heavy (non-hydrogen) atoms. The van der Waals surface area contributed by atoms with Crippen molar-refractivity contribution in [3.05, 3.63) is 29.8 Å². The summed E-state index contributed by atoms with van der Waals surface area (Å²) in [5.74, 6) is 0.896. The van der Waals surface area contributed by atoms with E-state index in [9.17, 15) is 4.79 Å². The van der Waals surface area contributed by atoms with E-state index in [2.05, 4.69) is 43.1 Å². The van der Waals surface area contributed by atoms with Gasteiger partial charge in [0.15, 0.2) is 6.61 Å². The van der Waals surface area contributed by atoms with Gasteiger partial charge in [0.05, 0.1) is 0 Å². The number of nitrogens with zero attached hydrogens (tertiary/aromatic N) is 1. The zero-order valence-corrected chi connectivity index (χ0v) is 14.5. The Kier molecular flexibility index (Phi) is 4.62. The predicted octanol–water partition coefficient (Wildman–Crippen LogP) is 2.72. The van der Waals surface area contributed by atoms with Crippen LogP contribution in [0, 0.1) is 0 Å². The van der Waals surface area contributed by atoms with Gasteiger partial charge in [-0.25, -0.2) is 0 Å². The van der Waals surface area contributed by atoms with Crippen molar-refractivity contribution in [2.24, 2.45) is 0 Å². The highest BCUT2D eigenvalue weighted by Crippen LogP contribution is 2.28. The first-order valence-electron chi connectivity index (χ1n) is 8.70. The third kappa shape index (κ3) is 3.69. The lowest BCUT2D eigenvalue weighted by Gasteiger charge is -2.27. The van der Waals surface area contributed by atoms with Crippen LogP contribution >= 0.6 is 0 Å². The largest absolute Gasteiger partial charge is 0.484 e. The van der Waals surface area contributed by atoms with Gasteiger partial charge in [0.1, 0.15) is 5.75 Å². The van der Waals surface area contributed by atoms with Crippen molar-refractivity contribution < 1.29 is 9.53 Å². The summed E-state index contributed by atoms with van der Waals surface area (Å²) in [4.78, 5) is 14.7. The van der Waals surface area contributed by atoms with E-state index in [1.807, 2.05) is 12.1 Å². The van der Waals surface area contributed by atoms with E-state index in [0.717, 1.165) is 38.1 Å². The minimum absolute atomic E-state index is 0.126. The lowest BCUT2D eigenvalue weighted by Crippen LogP contribution is -2.44. The van der Waals surface area contributed by atoms with Crippen molar-refractivity contribution in [3.63, 3.8) is 0 Å². The summed E-state index contributed by atoms with van der Waals surface area (Å²) >= 11 is 0. The second-order valence-electron chi connectivity index (χ2n) is 7.74. The summed E-state index contributed by atoms with van der Waals surface area (Å²) < 4.78 is 5.74. The number of carbonyl (C=O) groups excluding carboxylic acids is 1. The molecule has 2 bridgehead atoms. The number of nitrogens with one attached hydrogen (secondary N) is 1. The Hall–Kier alpha value is -1.55. The molecule has 3 rings (SSSR count). The monoisotopic (exact) mass is 316 g/mol. The quantitative estimate of drug-likeness (QED) is 0.932. The van der Waals surface area contributed by atoms with Gasteiger partial charge in [0.25, 0.3) is 5.91 Å². The van der Waals surface area contributed by atoms with Crippen molar-refractivity contribution in [2.45, 2.75) is 57.5 Å². The molecule has 4 nitrogen and oxygen atoms in total. The molecule has 126 valence electrons. The first-order chi connectivity index (χ1) is 10.9. The SMILES string of the molecule is CC(C)(C)c1ccc(OCC(=O)N2C3CCNCC2CC3)cc1. The predicted molar refractivity (Wildman–Crippen MR) is 91.8 cm³/mol. The Bertz CT molecular complexity index is 533. The van der Waals surface area contributed by atoms with Crippen LogP contribution in [0.15, 0.2) is 24.3 Å². The third-order valence-electron chi connectivity index (χ3n) is 5.02. The first-order valence-corrected chi connectivity index (χ1v) is 8.70. The highest BCUT2D eigenvalue weighted by atomic mass is 16.5. The van der Waals surface area contributed by atoms with Gasteiger partial charge >= 0.3 is 0 Å². The molecule has 2 saturated heterocycles. The molecule has 4 heteroatoms. The standard InChI is InChI=1S/C19H28N2O2/c1-19(2,3)14-4-8-17(9-5-14)23-13-18(22)21-15-6-7-16(21)12-20-11-10-15/h4-5,8-9,15-16,20H,6-7,10-13H2,1-3H3. The summed E-state index contributed by atoms with van der Waals surface area (Å²) in [5.41, 5.74) is 1.40. The number of hydrogen-bond donors (Lipinski definition) is 1. The van der Waals surface area contributed by atoms with E-state index in [0.29, 0.717) is 12.1 Å². The molecule has 1 aromatic carbocycles. The summed E-state index contributed by atoms with van der Waals surface area (Å²) in [5, 5.41) is 3.42. The van der Waals surface area contributed by atoms with Crippen LogP contribution in [-0.2, 0) is 10.2 Å². The Morgan fingerprint density at radius 3 is 2.57 bits per heavy atom. The molecule has 2 unspecified atom stereocenters. The Morgan fingerprint density at radius 1 is 1.17 bits per heavy atom. The van der Waals surface area contributed by atoms with E-state index in [1.165, 1.54) is 5.56 Å². The summed E-state index contributed by atoms with van der Waals surface area (Å²) in [6, 6.07) is 8.84. The van der Waals surface area contributed by atoms with Crippen LogP contribution < -0.4 is 10.1 Å². The maximum Gasteiger partial charge on any atom is 0.261 e. The number of hydrogen-bond acceptors (Lipinski definition) is 3. The number of ether oxygens (including phenoxy) is 1. The van der Waals surface area contributed by atoms with E-state index < -0.39 is 0 Å². The summed E-state index contributed by atoms with van der Waals surface area (Å²) in [6.45, 7) is 8.64. The first kappa shape index (κ1) is 16.3. The molecule has 0 aromatic heterocycles. The van der Waals surface area contributed by atoms with Gasteiger partial charge in [-0.1, -0.05) is 32.9 Å². The normalized spacial score (nSPS) is 24.4. The van der Waals surface area contributed by atoms with Crippen molar-refractivity contribution in [3.8, 4) is 5.75 Å². The molecule has 2 aliphatic rings. The topological polar surface area (TPSA) is 41.6 Å². The average molecular weight is 316 g/mol. The minimum atomic E-state index is 0.126. The van der Waals surface area contributed by atoms with Crippen LogP contribution in [0.5, 0.6) is 5.75 Å². The molecule has 1 amide bonds. The molecule has 2 fully saturated rings. The molecule has 0 aliphatic carbocycles. The number of benzene rings is 1. The summed E-state index contributed by atoms with van der Waals surface area (Å²) in [7, 11) is 0. The fourth-order valence-electron chi connectivity index (χ4n) is 3.66. The molecule has 0 radical (unpaired) electrons. The smallest absolute Gasteiger partial charge is 0.261 e. The molecule has 2 heterocycles. The molecule has 0 spiro atoms. The molecule has 1 N–H and O–H groups in total. The van der Waals surface area contributed by atoms with E-state index in [4.69, 9.17) is 4.74 Å². The molecular weight excluding hydrogens is 288 g/mol. The van der Waals surface area contributed by atoms with Gasteiger partial charge in [0.2, 0.25) is 0 Å². The van der Waals surface area contributed by atoms with E-state index >= 15 is 0 Å². The van der Waals surface area contributed by atoms with E-state index in [-0.39, 0.29) is 17.9 Å². The molecule has 2 aliphatic heterocycles. The van der Waals surface area contributed by atoms with Gasteiger partial charge in [-0.2, -0.15) is 0 Å². The lowest BCUT2D eigenvalue weighted by atomic mass is 9.87. The fraction of sp³-hybridized carbons (Fsp3) is 0.632. The second-order valence-corrected chi connectivity index (χ2v) is 7.74. The number of amides is 1. The maximum atomic E-state index is 12.6. The van der Waals surface area contributed by atoms with Gasteiger partial charge in [0, 0.05) is 18.6 Å². The molecule has 1 aromatic rings. The Balaban J connectivity index is 1.58. The van der Waals surface area contributed by atoms with Gasteiger partial charge < -0.3 is 15.0 Å². The van der Waals surface area contributed by atoms with Crippen LogP contribution in [0.3, 0.4) is 0 Å². The zero-order chi connectivity index (χ0) is 16.4. The Morgan fingerprint density at radius 2 is 1.87 bits per heavy atom. The maximum absolute atomic E-state index is 12.6. The number of carbonyl (C=O) groups is 1. The third-order valence-corrected chi connectivity index (χ3v) is 5.02. The van der Waals surface area contributed by atoms with Crippen molar-refractivity contribution in [1.29, 1.82) is 0 Å². The fourth-order valence-corrected chi connectivity index (χ4v) is 3.66. The number of rotatable bonds is 3. The minimum Gasteiger partial charge on any atom is -0.484 e. The second kappa shape index (κ2) is 6.52. The van der Waals surface area contributed by atoms with Crippen molar-refractivity contribution in [1.82, 2.24) is 10.2 Å². The summed E-state index contributed by atoms with van der Waals surface area (Å²) in [6.07, 6.45) is 3.31. The van der Waals surface area contributed by atoms with E-state index in [1.54, 1.807) is 0 Å². The van der Waals surface area contributed by atoms with Crippen LogP contribution in [0.1, 0.15) is 45.6 Å². The van der Waals surface area contributed by atoms with Crippen LogP contribution in [0.4, 0.5) is 0 Å². The van der Waals surface area contributed by atoms with Gasteiger partial charge in [-0.05, 0) is 48.9 Å². The molecule has 2 atom stereocenters. The Labute approximate surface area is 139 Å². The van der Waals surface area contributed by atoms with Crippen LogP contribution in [0.2, 0.25) is 0 Å². The molecular formula is C19H28N2O2.